The summed E-state index contributed by atoms with van der Waals surface area (Å²) in [5.41, 5.74) is 5.42. The van der Waals surface area contributed by atoms with E-state index in [1.165, 1.54) is 6.07 Å². The van der Waals surface area contributed by atoms with E-state index in [0.29, 0.717) is 57.6 Å². The van der Waals surface area contributed by atoms with Gasteiger partial charge in [0.25, 0.3) is 5.91 Å². The number of halogens is 3. The highest BCUT2D eigenvalue weighted by molar-refractivity contribution is 6.45. The Morgan fingerprint density at radius 2 is 1.93 bits per heavy atom. The van der Waals surface area contributed by atoms with Crippen LogP contribution in [0.1, 0.15) is 60.3 Å². The first kappa shape index (κ1) is 30.1. The number of methoxy groups -OCH3 is 1. The van der Waals surface area contributed by atoms with Gasteiger partial charge in [0.05, 0.1) is 35.4 Å². The second-order valence-electron chi connectivity index (χ2n) is 12.3. The summed E-state index contributed by atoms with van der Waals surface area (Å²) in [6.45, 7) is 1.50. The lowest BCUT2D eigenvalue weighted by molar-refractivity contribution is -0.123. The predicted molar refractivity (Wildman–Crippen MR) is 170 cm³/mol. The van der Waals surface area contributed by atoms with Gasteiger partial charge in [-0.15, -0.1) is 0 Å². The molecule has 0 radical (unpaired) electrons. The van der Waals surface area contributed by atoms with Crippen LogP contribution < -0.4 is 20.5 Å². The average molecular weight is 671 g/mol. The molecule has 4 N–H and O–H groups in total. The van der Waals surface area contributed by atoms with E-state index in [0.717, 1.165) is 18.2 Å². The fraction of sp³-hybridized carbons (Fsp3) is 0.375. The van der Waals surface area contributed by atoms with Crippen LogP contribution in [-0.2, 0) is 15.8 Å². The average Bonchev–Trinajstić information content (AvgIpc) is 3.96. The highest BCUT2D eigenvalue weighted by Gasteiger charge is 2.50. The first-order valence-corrected chi connectivity index (χ1v) is 15.8. The number of pyridine rings is 1. The molecule has 7 rings (SSSR count). The molecule has 234 valence electrons. The Balaban J connectivity index is 1.28. The van der Waals surface area contributed by atoms with Gasteiger partial charge in [0.1, 0.15) is 40.3 Å². The third kappa shape index (κ3) is 5.08. The summed E-state index contributed by atoms with van der Waals surface area (Å²) in [5.74, 6) is -0.413. The zero-order chi connectivity index (χ0) is 31.8. The van der Waals surface area contributed by atoms with Crippen LogP contribution in [-0.4, -0.2) is 51.9 Å². The number of rotatable bonds is 9. The number of aliphatic hydroxyl groups is 1. The minimum atomic E-state index is -1.60. The Kier molecular flexibility index (Phi) is 7.20. The number of nitrogens with one attached hydrogen (secondary N) is 1. The number of hydrogen-bond donors (Lipinski definition) is 3. The molecule has 13 heteroatoms. The van der Waals surface area contributed by atoms with E-state index in [1.807, 2.05) is 10.9 Å². The van der Waals surface area contributed by atoms with Gasteiger partial charge in [-0.2, -0.15) is 5.10 Å². The maximum atomic E-state index is 13.6. The number of carbonyl (C=O) groups excluding carboxylic acids is 2. The topological polar surface area (TPSA) is 142 Å². The lowest BCUT2D eigenvalue weighted by Gasteiger charge is -2.30. The van der Waals surface area contributed by atoms with Gasteiger partial charge in [0.15, 0.2) is 0 Å². The summed E-state index contributed by atoms with van der Waals surface area (Å²) < 4.78 is 13.5. The molecule has 4 aromatic rings. The Bertz CT molecular complexity index is 1910. The van der Waals surface area contributed by atoms with Gasteiger partial charge in [0, 0.05) is 33.3 Å². The second-order valence-corrected chi connectivity index (χ2v) is 13.5. The highest BCUT2D eigenvalue weighted by atomic mass is 35.5. The lowest BCUT2D eigenvalue weighted by Crippen LogP contribution is -2.44. The van der Waals surface area contributed by atoms with E-state index < -0.39 is 22.8 Å². The number of benzene rings is 2. The summed E-state index contributed by atoms with van der Waals surface area (Å²) in [4.78, 5) is 31.1. The van der Waals surface area contributed by atoms with Gasteiger partial charge >= 0.3 is 0 Å². The minimum Gasteiger partial charge on any atom is -0.494 e. The Hall–Kier alpha value is -3.57. The van der Waals surface area contributed by atoms with E-state index in [9.17, 15) is 14.7 Å². The molecule has 3 heterocycles. The molecule has 2 fully saturated rings. The first-order valence-electron chi connectivity index (χ1n) is 14.6. The molecule has 0 saturated heterocycles. The van der Waals surface area contributed by atoms with Crippen molar-refractivity contribution in [3.63, 3.8) is 0 Å². The van der Waals surface area contributed by atoms with Crippen molar-refractivity contribution in [2.24, 2.45) is 11.7 Å². The smallest absolute Gasteiger partial charge is 0.251 e. The van der Waals surface area contributed by atoms with Crippen LogP contribution in [0.25, 0.3) is 22.2 Å². The molecule has 45 heavy (non-hydrogen) atoms. The highest BCUT2D eigenvalue weighted by Crippen LogP contribution is 2.51. The van der Waals surface area contributed by atoms with Crippen LogP contribution in [0.4, 0.5) is 0 Å². The summed E-state index contributed by atoms with van der Waals surface area (Å²) in [6.07, 6.45) is 5.50. The fourth-order valence-corrected chi connectivity index (χ4v) is 6.67. The van der Waals surface area contributed by atoms with Gasteiger partial charge in [-0.25, -0.2) is 4.98 Å². The van der Waals surface area contributed by atoms with Crippen molar-refractivity contribution in [3.8, 4) is 22.8 Å². The van der Waals surface area contributed by atoms with Crippen LogP contribution in [0.5, 0.6) is 11.5 Å². The molecule has 0 spiro atoms. The SMILES string of the molecule is COc1cc(C(=O)NC[C@](O)(c2cc3c(c(-c4cc(Cl)cc(Cl)c4Cl)n2)OC[C@]3(C)C(N)=O)C2CC2)cc2cn(C3CC3)nc12. The van der Waals surface area contributed by atoms with Crippen LogP contribution in [0.2, 0.25) is 15.1 Å². The molecule has 2 saturated carbocycles. The van der Waals surface area contributed by atoms with Crippen LogP contribution >= 0.6 is 34.8 Å². The second kappa shape index (κ2) is 10.8. The summed E-state index contributed by atoms with van der Waals surface area (Å²) >= 11 is 19.3. The van der Waals surface area contributed by atoms with Gasteiger partial charge in [0.2, 0.25) is 5.91 Å². The maximum Gasteiger partial charge on any atom is 0.251 e. The molecule has 10 nitrogen and oxygen atoms in total. The number of carbonyl (C=O) groups is 2. The van der Waals surface area contributed by atoms with Crippen molar-refractivity contribution in [2.45, 2.75) is 49.7 Å². The molecule has 1 aliphatic heterocycles. The molecular weight excluding hydrogens is 641 g/mol. The number of primary amides is 1. The van der Waals surface area contributed by atoms with E-state index in [2.05, 4.69) is 10.4 Å². The van der Waals surface area contributed by atoms with E-state index in [1.54, 1.807) is 38.3 Å². The van der Waals surface area contributed by atoms with E-state index >= 15 is 0 Å². The van der Waals surface area contributed by atoms with E-state index in [4.69, 9.17) is 55.0 Å². The summed E-state index contributed by atoms with van der Waals surface area (Å²) in [6, 6.07) is 8.52. The number of nitrogens with zero attached hydrogens (tertiary/aromatic N) is 3. The van der Waals surface area contributed by atoms with Crippen LogP contribution in [0, 0.1) is 5.92 Å². The van der Waals surface area contributed by atoms with Crippen molar-refractivity contribution in [3.05, 3.63) is 68.4 Å². The first-order chi connectivity index (χ1) is 21.4. The number of ether oxygens (including phenoxy) is 2. The molecule has 3 aliphatic rings. The normalized spacial score (nSPS) is 20.4. The molecule has 0 bridgehead atoms. The zero-order valence-electron chi connectivity index (χ0n) is 24.5. The number of nitrogens with two attached hydrogens (primary N) is 1. The van der Waals surface area contributed by atoms with Crippen molar-refractivity contribution >= 4 is 57.5 Å². The molecule has 2 aromatic heterocycles. The summed E-state index contributed by atoms with van der Waals surface area (Å²) in [5, 5.41) is 21.3. The standard InChI is InChI=1S/C32H30Cl3N5O5/c1-31(30(36)42)14-45-28-21(31)11-24(38-27(28)20-9-18(33)10-22(34)25(20)35)32(43,17-3-4-17)13-37-29(41)15-7-16-12-40(19-5-6-19)39-26(16)23(8-15)44-2/h7-12,17,19,43H,3-6,13-14H2,1-2H3,(H2,36,42)(H,37,41)/t31-,32+/m0/s1. The molecule has 2 aliphatic carbocycles. The monoisotopic (exact) mass is 669 g/mol. The zero-order valence-corrected chi connectivity index (χ0v) is 26.8. The molecule has 2 aromatic carbocycles. The Morgan fingerprint density at radius 1 is 1.18 bits per heavy atom. The quantitative estimate of drug-likeness (QED) is 0.198. The number of hydrogen-bond acceptors (Lipinski definition) is 7. The number of fused-ring (bicyclic) bond motifs is 2. The minimum absolute atomic E-state index is 0.0258. The molecule has 2 amide bonds. The van der Waals surface area contributed by atoms with Gasteiger partial charge in [-0.3, -0.25) is 14.3 Å². The van der Waals surface area contributed by atoms with Crippen molar-refractivity contribution < 1.29 is 24.2 Å². The lowest BCUT2D eigenvalue weighted by atomic mass is 9.81. The van der Waals surface area contributed by atoms with Gasteiger partial charge < -0.3 is 25.6 Å². The molecule has 2 atom stereocenters. The van der Waals surface area contributed by atoms with Gasteiger partial charge in [-0.1, -0.05) is 34.8 Å². The predicted octanol–water partition coefficient (Wildman–Crippen LogP) is 5.57. The number of amides is 2. The fourth-order valence-electron chi connectivity index (χ4n) is 5.98. The van der Waals surface area contributed by atoms with Crippen LogP contribution in [0.3, 0.4) is 0 Å². The molecular formula is C32H30Cl3N5O5. The van der Waals surface area contributed by atoms with Crippen LogP contribution in [0.15, 0.2) is 36.5 Å². The molecule has 0 unspecified atom stereocenters. The Labute approximate surface area is 273 Å². The Morgan fingerprint density at radius 3 is 2.60 bits per heavy atom. The van der Waals surface area contributed by atoms with E-state index in [-0.39, 0.29) is 40.5 Å². The maximum absolute atomic E-state index is 13.6. The third-order valence-corrected chi connectivity index (χ3v) is 10.1. The third-order valence-electron chi connectivity index (χ3n) is 9.07. The van der Waals surface area contributed by atoms with Crippen molar-refractivity contribution in [2.75, 3.05) is 20.3 Å². The van der Waals surface area contributed by atoms with Crippen molar-refractivity contribution in [1.29, 1.82) is 0 Å². The number of aromatic nitrogens is 3. The summed E-state index contributed by atoms with van der Waals surface area (Å²) in [7, 11) is 1.54. The van der Waals surface area contributed by atoms with Crippen molar-refractivity contribution in [1.82, 2.24) is 20.1 Å². The van der Waals surface area contributed by atoms with Gasteiger partial charge in [-0.05, 0) is 68.9 Å². The largest absolute Gasteiger partial charge is 0.494 e.